The van der Waals surface area contributed by atoms with Crippen LogP contribution in [0.1, 0.15) is 20.2 Å². The minimum Gasteiger partial charge on any atom is -0.496 e. The second-order valence-electron chi connectivity index (χ2n) is 3.91. The van der Waals surface area contributed by atoms with E-state index in [-0.39, 0.29) is 11.6 Å². The number of aromatic carboxylic acids is 1. The number of carbonyl (C=O) groups is 2. The molecule has 2 N–H and O–H groups in total. The Morgan fingerprint density at radius 1 is 1.55 bits per heavy atom. The monoisotopic (exact) mass is 295 g/mol. The van der Waals surface area contributed by atoms with Gasteiger partial charge in [-0.15, -0.1) is 11.3 Å². The number of imidazole rings is 1. The molecule has 0 aliphatic heterocycles. The summed E-state index contributed by atoms with van der Waals surface area (Å²) < 4.78 is 6.62. The number of hydrogen-bond acceptors (Lipinski definition) is 5. The number of aromatic nitrogens is 2. The molecule has 2 aromatic rings. The smallest absolute Gasteiger partial charge is 0.356 e. The number of ether oxygens (including phenoxy) is 1. The van der Waals surface area contributed by atoms with Crippen LogP contribution in [0.3, 0.4) is 0 Å². The fourth-order valence-corrected chi connectivity index (χ4v) is 2.29. The van der Waals surface area contributed by atoms with Crippen LogP contribution in [0.25, 0.3) is 0 Å². The van der Waals surface area contributed by atoms with Crippen molar-refractivity contribution in [2.75, 3.05) is 13.7 Å². The molecule has 0 bridgehead atoms. The van der Waals surface area contributed by atoms with Gasteiger partial charge in [0.25, 0.3) is 5.91 Å². The first-order valence-electron chi connectivity index (χ1n) is 5.76. The van der Waals surface area contributed by atoms with E-state index in [9.17, 15) is 9.59 Å². The minimum absolute atomic E-state index is 0.0145. The number of carbonyl (C=O) groups excluding carboxylic acids is 1. The average molecular weight is 295 g/mol. The van der Waals surface area contributed by atoms with Crippen LogP contribution in [-0.4, -0.2) is 40.2 Å². The molecular formula is C12H13N3O4S. The van der Waals surface area contributed by atoms with E-state index in [1.54, 1.807) is 23.1 Å². The third-order valence-electron chi connectivity index (χ3n) is 2.54. The number of thiophene rings is 1. The van der Waals surface area contributed by atoms with Crippen LogP contribution in [0.2, 0.25) is 0 Å². The van der Waals surface area contributed by atoms with Crippen LogP contribution in [-0.2, 0) is 6.54 Å². The Hall–Kier alpha value is -2.35. The quantitative estimate of drug-likeness (QED) is 0.831. The first kappa shape index (κ1) is 14.1. The van der Waals surface area contributed by atoms with Crippen molar-refractivity contribution < 1.29 is 19.4 Å². The summed E-state index contributed by atoms with van der Waals surface area (Å²) in [5.74, 6) is -0.601. The highest BCUT2D eigenvalue weighted by Gasteiger charge is 2.09. The SMILES string of the molecule is COc1csc(C(=O)NCCn2cnc(C(=O)O)c2)c1. The molecule has 0 radical (unpaired) electrons. The molecule has 106 valence electrons. The van der Waals surface area contributed by atoms with E-state index in [4.69, 9.17) is 9.84 Å². The zero-order valence-corrected chi connectivity index (χ0v) is 11.5. The zero-order valence-electron chi connectivity index (χ0n) is 10.7. The number of nitrogens with zero attached hydrogens (tertiary/aromatic N) is 2. The van der Waals surface area contributed by atoms with Crippen molar-refractivity contribution in [3.8, 4) is 5.75 Å². The van der Waals surface area contributed by atoms with Gasteiger partial charge in [0.05, 0.1) is 18.3 Å². The summed E-state index contributed by atoms with van der Waals surface area (Å²) in [6.45, 7) is 0.836. The maximum Gasteiger partial charge on any atom is 0.356 e. The van der Waals surface area contributed by atoms with Crippen molar-refractivity contribution >= 4 is 23.2 Å². The topological polar surface area (TPSA) is 93.5 Å². The van der Waals surface area contributed by atoms with Crippen LogP contribution in [0.4, 0.5) is 0 Å². The minimum atomic E-state index is -1.07. The predicted molar refractivity (Wildman–Crippen MR) is 72.4 cm³/mol. The Bertz CT molecular complexity index is 620. The molecule has 0 aliphatic carbocycles. The van der Waals surface area contributed by atoms with Crippen molar-refractivity contribution in [1.29, 1.82) is 0 Å². The lowest BCUT2D eigenvalue weighted by molar-refractivity contribution is 0.0690. The lowest BCUT2D eigenvalue weighted by Gasteiger charge is -2.03. The maximum absolute atomic E-state index is 11.8. The van der Waals surface area contributed by atoms with E-state index in [2.05, 4.69) is 10.3 Å². The van der Waals surface area contributed by atoms with Crippen molar-refractivity contribution in [3.63, 3.8) is 0 Å². The van der Waals surface area contributed by atoms with E-state index < -0.39 is 5.97 Å². The molecule has 0 spiro atoms. The number of nitrogens with one attached hydrogen (secondary N) is 1. The van der Waals surface area contributed by atoms with Crippen molar-refractivity contribution in [1.82, 2.24) is 14.9 Å². The Morgan fingerprint density at radius 3 is 2.95 bits per heavy atom. The largest absolute Gasteiger partial charge is 0.496 e. The Morgan fingerprint density at radius 2 is 2.35 bits per heavy atom. The molecule has 0 unspecified atom stereocenters. The highest BCUT2D eigenvalue weighted by Crippen LogP contribution is 2.20. The average Bonchev–Trinajstić information content (AvgIpc) is 3.07. The van der Waals surface area contributed by atoms with Gasteiger partial charge in [0.15, 0.2) is 5.69 Å². The van der Waals surface area contributed by atoms with Crippen LogP contribution in [0.15, 0.2) is 24.0 Å². The molecule has 0 atom stereocenters. The molecule has 0 aliphatic rings. The molecule has 2 aromatic heterocycles. The van der Waals surface area contributed by atoms with Crippen LogP contribution < -0.4 is 10.1 Å². The fourth-order valence-electron chi connectivity index (χ4n) is 1.52. The van der Waals surface area contributed by atoms with Crippen molar-refractivity contribution in [3.05, 3.63) is 34.5 Å². The lowest BCUT2D eigenvalue weighted by atomic mass is 10.4. The maximum atomic E-state index is 11.8. The van der Waals surface area contributed by atoms with Gasteiger partial charge in [0.2, 0.25) is 0 Å². The van der Waals surface area contributed by atoms with Gasteiger partial charge in [-0.05, 0) is 0 Å². The van der Waals surface area contributed by atoms with E-state index >= 15 is 0 Å². The number of carboxylic acids is 1. The second kappa shape index (κ2) is 6.20. The first-order chi connectivity index (χ1) is 9.60. The van der Waals surface area contributed by atoms with Crippen LogP contribution in [0.5, 0.6) is 5.75 Å². The fraction of sp³-hybridized carbons (Fsp3) is 0.250. The molecular weight excluding hydrogens is 282 g/mol. The number of amides is 1. The van der Waals surface area contributed by atoms with E-state index in [0.29, 0.717) is 23.7 Å². The zero-order chi connectivity index (χ0) is 14.5. The third kappa shape index (κ3) is 3.35. The van der Waals surface area contributed by atoms with Gasteiger partial charge >= 0.3 is 5.97 Å². The Balaban J connectivity index is 1.82. The number of rotatable bonds is 6. The normalized spacial score (nSPS) is 10.2. The van der Waals surface area contributed by atoms with Crippen LogP contribution >= 0.6 is 11.3 Å². The van der Waals surface area contributed by atoms with E-state index in [1.807, 2.05) is 0 Å². The molecule has 8 heteroatoms. The number of carboxylic acid groups (broad SMARTS) is 1. The molecule has 20 heavy (non-hydrogen) atoms. The molecule has 2 rings (SSSR count). The summed E-state index contributed by atoms with van der Waals surface area (Å²) >= 11 is 1.30. The summed E-state index contributed by atoms with van der Waals surface area (Å²) in [5.41, 5.74) is -0.0145. The van der Waals surface area contributed by atoms with E-state index in [1.165, 1.54) is 23.9 Å². The third-order valence-corrected chi connectivity index (χ3v) is 3.45. The number of methoxy groups -OCH3 is 1. The summed E-state index contributed by atoms with van der Waals surface area (Å²) in [6.07, 6.45) is 2.84. The summed E-state index contributed by atoms with van der Waals surface area (Å²) in [6, 6.07) is 1.67. The van der Waals surface area contributed by atoms with Crippen molar-refractivity contribution in [2.24, 2.45) is 0 Å². The van der Waals surface area contributed by atoms with Gasteiger partial charge < -0.3 is 19.7 Å². The second-order valence-corrected chi connectivity index (χ2v) is 4.82. The summed E-state index contributed by atoms with van der Waals surface area (Å²) in [7, 11) is 1.54. The summed E-state index contributed by atoms with van der Waals surface area (Å²) in [5, 5.41) is 13.2. The molecule has 0 saturated carbocycles. The Kier molecular flexibility index (Phi) is 4.36. The van der Waals surface area contributed by atoms with Gasteiger partial charge in [0.1, 0.15) is 5.75 Å². The standard InChI is InChI=1S/C12H13N3O4S/c1-19-8-4-10(20-6-8)11(16)13-2-3-15-5-9(12(17)18)14-7-15/h4-7H,2-3H2,1H3,(H,13,16)(H,17,18). The molecule has 0 fully saturated rings. The van der Waals surface area contributed by atoms with Crippen molar-refractivity contribution in [2.45, 2.75) is 6.54 Å². The van der Waals surface area contributed by atoms with Gasteiger partial charge in [-0.1, -0.05) is 0 Å². The Labute approximate surface area is 118 Å². The highest BCUT2D eigenvalue weighted by molar-refractivity contribution is 7.12. The van der Waals surface area contributed by atoms with Gasteiger partial charge in [-0.2, -0.15) is 0 Å². The first-order valence-corrected chi connectivity index (χ1v) is 6.64. The number of hydrogen-bond donors (Lipinski definition) is 2. The van der Waals surface area contributed by atoms with Crippen LogP contribution in [0, 0.1) is 0 Å². The molecule has 0 saturated heterocycles. The van der Waals surface area contributed by atoms with Gasteiger partial charge in [-0.3, -0.25) is 4.79 Å². The summed E-state index contributed by atoms with van der Waals surface area (Å²) in [4.78, 5) is 26.7. The molecule has 7 nitrogen and oxygen atoms in total. The van der Waals surface area contributed by atoms with E-state index in [0.717, 1.165) is 0 Å². The highest BCUT2D eigenvalue weighted by atomic mass is 32.1. The molecule has 0 aromatic carbocycles. The molecule has 1 amide bonds. The van der Waals surface area contributed by atoms with Gasteiger partial charge in [0, 0.05) is 30.7 Å². The van der Waals surface area contributed by atoms with Gasteiger partial charge in [-0.25, -0.2) is 9.78 Å². The molecule has 2 heterocycles. The predicted octanol–water partition coefficient (Wildman–Crippen LogP) is 1.08. The lowest BCUT2D eigenvalue weighted by Crippen LogP contribution is -2.26.